The number of hydrogen-bond acceptors (Lipinski definition) is 18. The third-order valence-corrected chi connectivity index (χ3v) is 17.7. The Balaban J connectivity index is 0.000000175. The molecule has 0 saturated carbocycles. The van der Waals surface area contributed by atoms with Crippen molar-refractivity contribution < 1.29 is 38.1 Å². The van der Waals surface area contributed by atoms with Gasteiger partial charge >= 0.3 is 41.4 Å². The van der Waals surface area contributed by atoms with Gasteiger partial charge in [0.05, 0.1) is 35.7 Å². The van der Waals surface area contributed by atoms with Gasteiger partial charge in [0, 0.05) is 116 Å². The van der Waals surface area contributed by atoms with E-state index in [-0.39, 0.29) is 53.4 Å². The Labute approximate surface area is 642 Å². The number of aromatic nitrogens is 15. The lowest BCUT2D eigenvalue weighted by Crippen LogP contribution is -2.40. The number of imidazole rings is 3. The van der Waals surface area contributed by atoms with E-state index in [0.29, 0.717) is 104 Å². The second-order valence-corrected chi connectivity index (χ2v) is 30.9. The quantitative estimate of drug-likeness (QED) is 0.0461. The molecule has 3 aromatic carbocycles. The number of alkyl carbamates (subject to hydrolysis) is 2. The maximum Gasteiger partial charge on any atom is 0.419 e. The van der Waals surface area contributed by atoms with Gasteiger partial charge in [-0.2, -0.15) is 0 Å². The van der Waals surface area contributed by atoms with Crippen LogP contribution in [0.1, 0.15) is 118 Å². The summed E-state index contributed by atoms with van der Waals surface area (Å²) in [6, 6.07) is 21.4. The summed E-state index contributed by atoms with van der Waals surface area (Å²) in [5.41, 5.74) is 5.54. The largest absolute Gasteiger partial charge is 0.444 e. The van der Waals surface area contributed by atoms with Gasteiger partial charge in [-0.1, -0.05) is 53.0 Å². The molecule has 0 unspecified atom stereocenters. The van der Waals surface area contributed by atoms with E-state index >= 15 is 0 Å². The molecule has 12 aromatic rings. The zero-order valence-corrected chi connectivity index (χ0v) is 66.5. The molecule has 9 aromatic heterocycles. The van der Waals surface area contributed by atoms with Crippen LogP contribution in [0.2, 0.25) is 15.1 Å². The third kappa shape index (κ3) is 18.9. The first-order valence-electron chi connectivity index (χ1n) is 34.4. The monoisotopic (exact) mass is 1580 g/mol. The minimum Gasteiger partial charge on any atom is -0.444 e. The Kier molecular flexibility index (Phi) is 24.7. The van der Waals surface area contributed by atoms with Gasteiger partial charge in [-0.05, 0) is 144 Å². The Bertz CT molecular complexity index is 5890. The summed E-state index contributed by atoms with van der Waals surface area (Å²) in [4.78, 5) is 147. The van der Waals surface area contributed by atoms with Gasteiger partial charge in [0.1, 0.15) is 45.4 Å². The molecule has 0 radical (unpaired) electrons. The van der Waals surface area contributed by atoms with Crippen LogP contribution in [-0.2, 0) is 92.4 Å². The van der Waals surface area contributed by atoms with E-state index in [1.807, 2.05) is 51.1 Å². The van der Waals surface area contributed by atoms with Crippen LogP contribution in [-0.4, -0.2) is 137 Å². The van der Waals surface area contributed by atoms with E-state index in [9.17, 15) is 47.9 Å². The van der Waals surface area contributed by atoms with Gasteiger partial charge < -0.3 is 54.4 Å². The number of hydrogen-bond donors (Lipinski definition) is 6. The van der Waals surface area contributed by atoms with E-state index < -0.39 is 75.0 Å². The highest BCUT2D eigenvalue weighted by molar-refractivity contribution is 6.36. The highest BCUT2D eigenvalue weighted by Crippen LogP contribution is 2.31. The number of alkyl halides is 1. The molecule has 582 valence electrons. The number of amides is 2. The number of fused-ring (bicyclic) bond motifs is 6. The molecule has 0 aliphatic heterocycles. The normalized spacial score (nSPS) is 11.9. The molecule has 7 N–H and O–H groups in total. The minimum atomic E-state index is -0.779. The van der Waals surface area contributed by atoms with Gasteiger partial charge in [-0.15, -0.1) is 11.6 Å². The summed E-state index contributed by atoms with van der Waals surface area (Å²) in [5, 5.41) is 9.12. The zero-order chi connectivity index (χ0) is 80.4. The Morgan fingerprint density at radius 1 is 0.495 bits per heavy atom. The number of rotatable bonds is 13. The number of nitrogens with one attached hydrogen (secondary N) is 5. The predicted molar refractivity (Wildman–Crippen MR) is 419 cm³/mol. The first-order valence-corrected chi connectivity index (χ1v) is 36.1. The summed E-state index contributed by atoms with van der Waals surface area (Å²) in [6.07, 6.45) is -0.985. The molecule has 0 saturated heterocycles. The number of H-pyrrole nitrogens is 3. The van der Waals surface area contributed by atoms with Crippen LogP contribution in [0.15, 0.2) is 102 Å². The maximum atomic E-state index is 13.7. The fraction of sp³-hybridized carbons (Fsp3) is 0.411. The van der Waals surface area contributed by atoms with E-state index in [4.69, 9.17) is 71.1 Å². The number of carbonyl (C=O) groups excluding carboxylic acids is 4. The summed E-state index contributed by atoms with van der Waals surface area (Å²) in [5.74, 6) is 1.88. The van der Waals surface area contributed by atoms with Crippen molar-refractivity contribution in [2.45, 2.75) is 144 Å². The van der Waals surface area contributed by atoms with Crippen molar-refractivity contribution in [2.75, 3.05) is 19.6 Å². The highest BCUT2D eigenvalue weighted by Gasteiger charge is 2.28. The van der Waals surface area contributed by atoms with Crippen LogP contribution in [0.5, 0.6) is 0 Å². The van der Waals surface area contributed by atoms with E-state index in [1.54, 1.807) is 135 Å². The molecule has 36 heteroatoms. The second kappa shape index (κ2) is 32.6. The minimum absolute atomic E-state index is 0.115. The molecule has 32 nitrogen and oxygen atoms in total. The van der Waals surface area contributed by atoms with Crippen LogP contribution in [0.25, 0.3) is 66.2 Å². The highest BCUT2D eigenvalue weighted by atomic mass is 35.5. The molecular weight excluding hydrogens is 1490 g/mol. The van der Waals surface area contributed by atoms with Crippen molar-refractivity contribution in [3.63, 3.8) is 0 Å². The number of ether oxygens (including phenoxy) is 4. The molecule has 9 heterocycles. The number of aromatic amines is 3. The molecule has 12 rings (SSSR count). The summed E-state index contributed by atoms with van der Waals surface area (Å²) >= 11 is 24.7. The Hall–Kier alpha value is -10.7. The lowest BCUT2D eigenvalue weighted by molar-refractivity contribution is 0.0516. The smallest absolute Gasteiger partial charge is 0.419 e. The number of aryl methyl sites for hydroxylation is 5. The van der Waals surface area contributed by atoms with Crippen molar-refractivity contribution in [3.05, 3.63) is 185 Å². The van der Waals surface area contributed by atoms with E-state index in [2.05, 4.69) is 40.5 Å². The SMILES string of the molecule is CC(C)(C)OC(=O)n1c(CCl)cc2c(Cl)cccc21.Cn1c(=O)[nH]c(=O)c2[nH]c(CCNC(=O)OC(C)(C)C)nc21.Cn1c(CCN)nc2c1c(=O)n(Cc1cc3c(Cl)cccc3[nH]1)c(=O)n2C.Cn1c(CCNC(=O)OC(C)(C)C)nc2c1c(=O)n(Cc1cc3c(Cl)cccc3n1C(=O)OC(C)(C)C)c(=O)n2C. The third-order valence-electron chi connectivity index (χ3n) is 16.5. The Morgan fingerprint density at radius 3 is 1.40 bits per heavy atom. The lowest BCUT2D eigenvalue weighted by Gasteiger charge is -2.21. The van der Waals surface area contributed by atoms with Crippen LogP contribution in [0.3, 0.4) is 0 Å². The number of nitrogens with zero attached hydrogens (tertiary/aromatic N) is 12. The van der Waals surface area contributed by atoms with Crippen LogP contribution >= 0.6 is 46.4 Å². The predicted octanol–water partition coefficient (Wildman–Crippen LogP) is 9.89. The van der Waals surface area contributed by atoms with Crippen molar-refractivity contribution >= 4 is 137 Å². The number of nitrogens with two attached hydrogens (primary N) is 1. The molecule has 2 amide bonds. The van der Waals surface area contributed by atoms with Gasteiger partial charge in [0.15, 0.2) is 28.0 Å². The van der Waals surface area contributed by atoms with Gasteiger partial charge in [-0.25, -0.2) is 57.6 Å². The molecule has 0 atom stereocenters. The number of halogens is 4. The van der Waals surface area contributed by atoms with Crippen LogP contribution in [0, 0.1) is 0 Å². The van der Waals surface area contributed by atoms with Crippen molar-refractivity contribution in [3.8, 4) is 0 Å². The average Bonchev–Trinajstić information content (AvgIpc) is 1.62. The number of carbonyl (C=O) groups is 4. The molecular formula is C73H88Cl4N18O14. The number of benzene rings is 3. The first-order chi connectivity index (χ1) is 50.9. The van der Waals surface area contributed by atoms with Crippen molar-refractivity contribution in [2.24, 2.45) is 41.0 Å². The van der Waals surface area contributed by atoms with E-state index in [0.717, 1.165) is 26.6 Å². The fourth-order valence-corrected chi connectivity index (χ4v) is 12.5. The van der Waals surface area contributed by atoms with E-state index in [1.165, 1.54) is 41.5 Å². The molecule has 109 heavy (non-hydrogen) atoms. The summed E-state index contributed by atoms with van der Waals surface area (Å²) in [6.45, 7) is 22.2. The maximum absolute atomic E-state index is 13.7. The van der Waals surface area contributed by atoms with Gasteiger partial charge in [0.2, 0.25) is 0 Å². The molecule has 0 fully saturated rings. The van der Waals surface area contributed by atoms with Crippen LogP contribution < -0.4 is 50.1 Å². The Morgan fingerprint density at radius 2 is 0.936 bits per heavy atom. The summed E-state index contributed by atoms with van der Waals surface area (Å²) < 4.78 is 33.7. The molecule has 0 bridgehead atoms. The fourth-order valence-electron chi connectivity index (χ4n) is 11.6. The molecule has 0 aliphatic carbocycles. The van der Waals surface area contributed by atoms with Gasteiger partial charge in [0.25, 0.3) is 16.7 Å². The second-order valence-electron chi connectivity index (χ2n) is 29.5. The van der Waals surface area contributed by atoms with Crippen LogP contribution in [0.4, 0.5) is 19.2 Å². The van der Waals surface area contributed by atoms with Crippen molar-refractivity contribution in [1.29, 1.82) is 0 Å². The topological polar surface area (TPSA) is 388 Å². The average molecular weight is 1580 g/mol. The molecule has 0 aliphatic rings. The van der Waals surface area contributed by atoms with Gasteiger partial charge in [-0.3, -0.25) is 42.2 Å². The standard InChI is InChI=1S/C28H35ClN6O6.C18H19ClN6O2.C14H15Cl2NO2.C13H19N5O4/c1-27(2,3)40-24(37)30-13-12-20-31-22-21(32(20)7)23(36)34(25(38)33(22)8)15-16-14-17-18(29)10-9-11-19(17)35(16)26(39)41-28(4,5)6;1-23-14(6-7-20)22-16-15(23)17(26)25(18(27)24(16)2)9-10-8-11-12(19)4-3-5-13(11)21-10;1-14(2,3)19-13(18)17-9(8-15)7-10-11(16)5-4-6-12(10)17;1-13(2,3)22-12(21)14-6-5-7-15-8-9(16-7)18(4)11(20)17-10(8)19/h9-11,14H,12-13,15H2,1-8H3,(H,30,37);3-5,8,21H,6-7,9,20H2,1-2H3;4-7H,8H2,1-3H3;5-6H2,1-4H3,(H,14,21)(H,15,16)(H,17,19,20). The lowest BCUT2D eigenvalue weighted by atomic mass is 10.2. The van der Waals surface area contributed by atoms with Crippen molar-refractivity contribution in [1.82, 2.24) is 81.6 Å². The first kappa shape index (κ1) is 82.4. The summed E-state index contributed by atoms with van der Waals surface area (Å²) in [7, 11) is 8.09. The zero-order valence-electron chi connectivity index (χ0n) is 63.5. The molecule has 0 spiro atoms.